The third-order valence-corrected chi connectivity index (χ3v) is 4.83. The third-order valence-electron chi connectivity index (χ3n) is 4.83. The molecule has 0 saturated carbocycles. The van der Waals surface area contributed by atoms with Gasteiger partial charge < -0.3 is 14.6 Å². The van der Waals surface area contributed by atoms with Crippen LogP contribution in [-0.2, 0) is 19.1 Å². The Morgan fingerprint density at radius 2 is 1.14 bits per heavy atom. The summed E-state index contributed by atoms with van der Waals surface area (Å²) in [5, 5.41) is 9.50. The minimum Gasteiger partial charge on any atom is -0.463 e. The van der Waals surface area contributed by atoms with Crippen LogP contribution in [0.3, 0.4) is 0 Å². The fourth-order valence-electron chi connectivity index (χ4n) is 3.11. The topological polar surface area (TPSA) is 72.8 Å². The fourth-order valence-corrected chi connectivity index (χ4v) is 3.11. The van der Waals surface area contributed by atoms with Crippen molar-refractivity contribution in [2.45, 2.75) is 117 Å². The smallest absolute Gasteiger partial charge is 0.305 e. The second kappa shape index (κ2) is 19.2. The standard InChI is InChI=1S/C23H44O5/c1-20(2)16-14-12-10-8-6-4-5-7-9-11-13-15-17-23(26)28-19-22(25)18-27-21(3)24/h20,22,25H,4-19H2,1-3H3/t22-/m0/s1. The number of aliphatic hydroxyl groups is 1. The Labute approximate surface area is 172 Å². The van der Waals surface area contributed by atoms with Crippen LogP contribution >= 0.6 is 0 Å². The van der Waals surface area contributed by atoms with Crippen molar-refractivity contribution in [1.29, 1.82) is 0 Å². The molecule has 0 heterocycles. The summed E-state index contributed by atoms with van der Waals surface area (Å²) in [5.41, 5.74) is 0. The first-order chi connectivity index (χ1) is 13.4. The maximum Gasteiger partial charge on any atom is 0.305 e. The summed E-state index contributed by atoms with van der Waals surface area (Å²) in [5.74, 6) is 0.0926. The second-order valence-corrected chi connectivity index (χ2v) is 8.31. The molecule has 0 aromatic rings. The molecule has 0 amide bonds. The lowest BCUT2D eigenvalue weighted by molar-refractivity contribution is -0.151. The molecular formula is C23H44O5. The van der Waals surface area contributed by atoms with Gasteiger partial charge in [0.05, 0.1) is 0 Å². The van der Waals surface area contributed by atoms with Crippen molar-refractivity contribution in [3.63, 3.8) is 0 Å². The molecule has 0 aromatic carbocycles. The molecule has 0 aliphatic carbocycles. The van der Waals surface area contributed by atoms with Gasteiger partial charge in [0, 0.05) is 13.3 Å². The number of hydrogen-bond acceptors (Lipinski definition) is 5. The number of hydrogen-bond donors (Lipinski definition) is 1. The van der Waals surface area contributed by atoms with Crippen LogP contribution in [0, 0.1) is 5.92 Å². The van der Waals surface area contributed by atoms with E-state index in [4.69, 9.17) is 4.74 Å². The van der Waals surface area contributed by atoms with Gasteiger partial charge in [0.2, 0.25) is 0 Å². The van der Waals surface area contributed by atoms with Gasteiger partial charge in [-0.25, -0.2) is 0 Å². The Morgan fingerprint density at radius 3 is 1.61 bits per heavy atom. The van der Waals surface area contributed by atoms with Crippen LogP contribution in [0.2, 0.25) is 0 Å². The van der Waals surface area contributed by atoms with Gasteiger partial charge in [-0.2, -0.15) is 0 Å². The first-order valence-electron chi connectivity index (χ1n) is 11.4. The number of esters is 2. The molecule has 0 rings (SSSR count). The van der Waals surface area contributed by atoms with E-state index in [1.54, 1.807) is 0 Å². The van der Waals surface area contributed by atoms with E-state index in [1.807, 2.05) is 0 Å². The Kier molecular flexibility index (Phi) is 18.5. The highest BCUT2D eigenvalue weighted by Gasteiger charge is 2.10. The van der Waals surface area contributed by atoms with Crippen LogP contribution in [0.15, 0.2) is 0 Å². The van der Waals surface area contributed by atoms with E-state index in [2.05, 4.69) is 18.6 Å². The van der Waals surface area contributed by atoms with Gasteiger partial charge in [-0.05, 0) is 12.3 Å². The number of aliphatic hydroxyl groups excluding tert-OH is 1. The monoisotopic (exact) mass is 400 g/mol. The summed E-state index contributed by atoms with van der Waals surface area (Å²) in [6.07, 6.45) is 16.0. The van der Waals surface area contributed by atoms with Gasteiger partial charge in [0.1, 0.15) is 19.3 Å². The van der Waals surface area contributed by atoms with E-state index in [1.165, 1.54) is 71.1 Å². The summed E-state index contributed by atoms with van der Waals surface area (Å²) in [7, 11) is 0. The highest BCUT2D eigenvalue weighted by Crippen LogP contribution is 2.14. The SMILES string of the molecule is CC(=O)OC[C@H](O)COC(=O)CCCCCCCCCCCCCCC(C)C. The Hall–Kier alpha value is -1.10. The van der Waals surface area contributed by atoms with Gasteiger partial charge in [0.25, 0.3) is 0 Å². The minimum atomic E-state index is -0.951. The molecule has 0 fully saturated rings. The Balaban J connectivity index is 3.26. The average molecular weight is 401 g/mol. The van der Waals surface area contributed by atoms with Gasteiger partial charge in [-0.15, -0.1) is 0 Å². The molecule has 28 heavy (non-hydrogen) atoms. The molecular weight excluding hydrogens is 356 g/mol. The molecule has 0 aliphatic rings. The maximum atomic E-state index is 11.6. The molecule has 166 valence electrons. The quantitative estimate of drug-likeness (QED) is 0.227. The van der Waals surface area contributed by atoms with Crippen LogP contribution < -0.4 is 0 Å². The van der Waals surface area contributed by atoms with Crippen molar-refractivity contribution in [3.05, 3.63) is 0 Å². The van der Waals surface area contributed by atoms with Crippen LogP contribution in [0.25, 0.3) is 0 Å². The average Bonchev–Trinajstić information content (AvgIpc) is 2.64. The van der Waals surface area contributed by atoms with E-state index < -0.39 is 12.1 Å². The Bertz CT molecular complexity index is 381. The van der Waals surface area contributed by atoms with Crippen molar-refractivity contribution < 1.29 is 24.2 Å². The van der Waals surface area contributed by atoms with Crippen LogP contribution in [0.4, 0.5) is 0 Å². The molecule has 5 heteroatoms. The zero-order valence-corrected chi connectivity index (χ0v) is 18.5. The van der Waals surface area contributed by atoms with Crippen molar-refractivity contribution >= 4 is 11.9 Å². The van der Waals surface area contributed by atoms with Crippen molar-refractivity contribution in [2.75, 3.05) is 13.2 Å². The summed E-state index contributed by atoms with van der Waals surface area (Å²) < 4.78 is 9.62. The summed E-state index contributed by atoms with van der Waals surface area (Å²) in [6, 6.07) is 0. The number of carbonyl (C=O) groups is 2. The van der Waals surface area contributed by atoms with Gasteiger partial charge in [0.15, 0.2) is 0 Å². The zero-order valence-electron chi connectivity index (χ0n) is 18.5. The van der Waals surface area contributed by atoms with E-state index in [9.17, 15) is 14.7 Å². The van der Waals surface area contributed by atoms with E-state index >= 15 is 0 Å². The molecule has 5 nitrogen and oxygen atoms in total. The van der Waals surface area contributed by atoms with E-state index in [0.29, 0.717) is 6.42 Å². The molecule has 0 aromatic heterocycles. The van der Waals surface area contributed by atoms with Crippen LogP contribution in [0.1, 0.15) is 111 Å². The summed E-state index contributed by atoms with van der Waals surface area (Å²) in [6.45, 7) is 5.61. The number of ether oxygens (including phenoxy) is 2. The molecule has 0 unspecified atom stereocenters. The predicted octanol–water partition coefficient (Wildman–Crippen LogP) is 5.57. The van der Waals surface area contributed by atoms with Gasteiger partial charge >= 0.3 is 11.9 Å². The Morgan fingerprint density at radius 1 is 0.714 bits per heavy atom. The normalized spacial score (nSPS) is 12.2. The lowest BCUT2D eigenvalue weighted by atomic mass is 10.0. The zero-order chi connectivity index (χ0) is 21.0. The second-order valence-electron chi connectivity index (χ2n) is 8.31. The van der Waals surface area contributed by atoms with Crippen LogP contribution in [-0.4, -0.2) is 36.4 Å². The highest BCUT2D eigenvalue weighted by atomic mass is 16.6. The number of rotatable bonds is 19. The van der Waals surface area contributed by atoms with Crippen LogP contribution in [0.5, 0.6) is 0 Å². The van der Waals surface area contributed by atoms with E-state index in [0.717, 1.165) is 25.2 Å². The molecule has 0 aliphatic heterocycles. The van der Waals surface area contributed by atoms with E-state index in [-0.39, 0.29) is 19.2 Å². The summed E-state index contributed by atoms with van der Waals surface area (Å²) >= 11 is 0. The summed E-state index contributed by atoms with van der Waals surface area (Å²) in [4.78, 5) is 22.2. The maximum absolute atomic E-state index is 11.6. The van der Waals surface area contributed by atoms with Crippen molar-refractivity contribution in [3.8, 4) is 0 Å². The first kappa shape index (κ1) is 26.9. The van der Waals surface area contributed by atoms with Crippen molar-refractivity contribution in [1.82, 2.24) is 0 Å². The minimum absolute atomic E-state index is 0.121. The largest absolute Gasteiger partial charge is 0.463 e. The molecule has 1 atom stereocenters. The fraction of sp³-hybridized carbons (Fsp3) is 0.913. The van der Waals surface area contributed by atoms with Gasteiger partial charge in [-0.3, -0.25) is 9.59 Å². The molecule has 0 saturated heterocycles. The molecule has 0 radical (unpaired) electrons. The lowest BCUT2D eigenvalue weighted by Crippen LogP contribution is -2.24. The first-order valence-corrected chi connectivity index (χ1v) is 11.4. The predicted molar refractivity (Wildman–Crippen MR) is 113 cm³/mol. The third kappa shape index (κ3) is 21.2. The number of carbonyl (C=O) groups excluding carboxylic acids is 2. The van der Waals surface area contributed by atoms with Gasteiger partial charge in [-0.1, -0.05) is 90.9 Å². The lowest BCUT2D eigenvalue weighted by Gasteiger charge is -2.11. The highest BCUT2D eigenvalue weighted by molar-refractivity contribution is 5.69. The number of unbranched alkanes of at least 4 members (excludes halogenated alkanes) is 11. The molecule has 0 bridgehead atoms. The molecule has 1 N–H and O–H groups in total. The van der Waals surface area contributed by atoms with Crippen molar-refractivity contribution in [2.24, 2.45) is 5.92 Å². The molecule has 0 spiro atoms.